The monoisotopic (exact) mass is 710 g/mol. The summed E-state index contributed by atoms with van der Waals surface area (Å²) < 4.78 is 0. The molecule has 0 aromatic heterocycles. The van der Waals surface area contributed by atoms with E-state index in [4.69, 9.17) is 0 Å². The van der Waals surface area contributed by atoms with Gasteiger partial charge in [0.05, 0.1) is 0 Å². The first-order chi connectivity index (χ1) is 27.8. The third kappa shape index (κ3) is 5.37. The molecule has 0 radical (unpaired) electrons. The summed E-state index contributed by atoms with van der Waals surface area (Å²) in [5.74, 6) is 0.349. The number of benzene rings is 9. The van der Waals surface area contributed by atoms with Crippen LogP contribution < -0.4 is 0 Å². The molecule has 9 aromatic rings. The fraction of sp³-hybridized carbons (Fsp3) is 0.0357. The van der Waals surface area contributed by atoms with Gasteiger partial charge < -0.3 is 0 Å². The fourth-order valence-corrected chi connectivity index (χ4v) is 9.46. The Balaban J connectivity index is 1.00. The van der Waals surface area contributed by atoms with E-state index in [2.05, 4.69) is 218 Å². The molecular weight excluding hydrogens is 673 g/mol. The summed E-state index contributed by atoms with van der Waals surface area (Å²) in [6.45, 7) is 0. The van der Waals surface area contributed by atoms with E-state index in [0.717, 1.165) is 0 Å². The molecule has 56 heavy (non-hydrogen) atoms. The number of fused-ring (bicyclic) bond motifs is 7. The van der Waals surface area contributed by atoms with E-state index in [1.807, 2.05) is 0 Å². The molecule has 262 valence electrons. The lowest BCUT2D eigenvalue weighted by Crippen LogP contribution is -2.01. The third-order valence-electron chi connectivity index (χ3n) is 12.0. The van der Waals surface area contributed by atoms with Crippen LogP contribution in [0, 0.1) is 0 Å². The molecule has 0 amide bonds. The minimum Gasteiger partial charge on any atom is -0.0622 e. The second-order valence-corrected chi connectivity index (χ2v) is 15.2. The van der Waals surface area contributed by atoms with Crippen LogP contribution in [0.1, 0.15) is 45.2 Å². The van der Waals surface area contributed by atoms with E-state index in [1.165, 1.54) is 100 Å². The van der Waals surface area contributed by atoms with Crippen molar-refractivity contribution < 1.29 is 0 Å². The molecule has 0 bridgehead atoms. The minimum atomic E-state index is 0.160. The lowest BCUT2D eigenvalue weighted by molar-refractivity contribution is 0.998. The summed E-state index contributed by atoms with van der Waals surface area (Å²) in [6.07, 6.45) is 0. The van der Waals surface area contributed by atoms with Gasteiger partial charge in [-0.15, -0.1) is 0 Å². The number of hydrogen-bond acceptors (Lipinski definition) is 0. The maximum Gasteiger partial charge on any atom is 0.0352 e. The Hall–Kier alpha value is -7.02. The molecule has 0 N–H and O–H groups in total. The van der Waals surface area contributed by atoms with Gasteiger partial charge in [0, 0.05) is 11.8 Å². The van der Waals surface area contributed by atoms with Crippen LogP contribution in [0.4, 0.5) is 0 Å². The zero-order valence-electron chi connectivity index (χ0n) is 30.9. The van der Waals surface area contributed by atoms with Gasteiger partial charge in [0.15, 0.2) is 0 Å². The molecule has 9 aromatic carbocycles. The van der Waals surface area contributed by atoms with Gasteiger partial charge >= 0.3 is 0 Å². The highest BCUT2D eigenvalue weighted by Crippen LogP contribution is 2.58. The Morgan fingerprint density at radius 2 is 0.518 bits per heavy atom. The van der Waals surface area contributed by atoms with Crippen molar-refractivity contribution in [3.8, 4) is 66.8 Å². The second-order valence-electron chi connectivity index (χ2n) is 15.2. The molecule has 0 spiro atoms. The van der Waals surface area contributed by atoms with Gasteiger partial charge in [-0.1, -0.05) is 200 Å². The van der Waals surface area contributed by atoms with Crippen LogP contribution in [0.15, 0.2) is 218 Å². The van der Waals surface area contributed by atoms with Crippen LogP contribution in [-0.4, -0.2) is 0 Å². The zero-order chi connectivity index (χ0) is 37.0. The highest BCUT2D eigenvalue weighted by molar-refractivity contribution is 5.98. The molecule has 11 rings (SSSR count). The van der Waals surface area contributed by atoms with Gasteiger partial charge in [0.1, 0.15) is 0 Å². The molecule has 0 heteroatoms. The lowest BCUT2D eigenvalue weighted by atomic mass is 9.85. The van der Waals surface area contributed by atoms with E-state index in [1.54, 1.807) is 0 Å². The maximum absolute atomic E-state index is 2.43. The van der Waals surface area contributed by atoms with E-state index in [9.17, 15) is 0 Å². The van der Waals surface area contributed by atoms with Crippen LogP contribution in [0.3, 0.4) is 0 Å². The fourth-order valence-electron chi connectivity index (χ4n) is 9.46. The predicted molar refractivity (Wildman–Crippen MR) is 234 cm³/mol. The van der Waals surface area contributed by atoms with Crippen molar-refractivity contribution in [2.24, 2.45) is 0 Å². The van der Waals surface area contributed by atoms with Gasteiger partial charge in [0.2, 0.25) is 0 Å². The molecule has 0 heterocycles. The average molecular weight is 711 g/mol. The third-order valence-corrected chi connectivity index (χ3v) is 12.0. The highest BCUT2D eigenvalue weighted by Gasteiger charge is 2.38. The summed E-state index contributed by atoms with van der Waals surface area (Å²) >= 11 is 0. The summed E-state index contributed by atoms with van der Waals surface area (Å²) in [5.41, 5.74) is 23.6. The topological polar surface area (TPSA) is 0 Å². The highest BCUT2D eigenvalue weighted by atomic mass is 14.4. The quantitative estimate of drug-likeness (QED) is 0.161. The van der Waals surface area contributed by atoms with Gasteiger partial charge in [-0.05, 0) is 118 Å². The standard InChI is InChI=1S/C56H38/c1-4-14-37(15-5-1)40-24-28-42(29-25-40)53-47-20-10-12-22-49(47)55-51(53)32-33-52-54(48-21-11-13-23-50(48)56(52)55)43-30-26-41(27-31-43)46-35-44(38-16-6-2-7-17-38)34-45(36-46)39-18-8-3-9-19-39/h1-36,53-54H. The summed E-state index contributed by atoms with van der Waals surface area (Å²) in [6, 6.07) is 80.8. The minimum absolute atomic E-state index is 0.160. The molecule has 2 aliphatic carbocycles. The first-order valence-corrected chi connectivity index (χ1v) is 19.7. The van der Waals surface area contributed by atoms with Crippen molar-refractivity contribution in [3.63, 3.8) is 0 Å². The van der Waals surface area contributed by atoms with Gasteiger partial charge in [0.25, 0.3) is 0 Å². The Morgan fingerprint density at radius 3 is 0.911 bits per heavy atom. The summed E-state index contributed by atoms with van der Waals surface area (Å²) in [5, 5.41) is 0. The van der Waals surface area contributed by atoms with Crippen LogP contribution >= 0.6 is 0 Å². The molecular formula is C56H38. The van der Waals surface area contributed by atoms with Crippen LogP contribution in [-0.2, 0) is 0 Å². The average Bonchev–Trinajstić information content (AvgIpc) is 3.80. The molecule has 0 saturated carbocycles. The van der Waals surface area contributed by atoms with Crippen molar-refractivity contribution >= 4 is 0 Å². The van der Waals surface area contributed by atoms with Gasteiger partial charge in [-0.2, -0.15) is 0 Å². The largest absolute Gasteiger partial charge is 0.0622 e. The van der Waals surface area contributed by atoms with Crippen LogP contribution in [0.5, 0.6) is 0 Å². The normalized spacial score (nSPS) is 14.8. The lowest BCUT2D eigenvalue weighted by Gasteiger charge is -2.18. The molecule has 0 aliphatic heterocycles. The predicted octanol–water partition coefficient (Wildman–Crippen LogP) is 14.7. The Labute approximate surface area is 329 Å². The van der Waals surface area contributed by atoms with Crippen molar-refractivity contribution in [1.29, 1.82) is 0 Å². The SMILES string of the molecule is c1ccc(-c2ccc(C3c4ccccc4-c4c3ccc3c4-c4ccccc4C3c3ccc(-c4cc(-c5ccccc5)cc(-c5ccccc5)c4)cc3)cc2)cc1. The molecule has 0 nitrogen and oxygen atoms in total. The van der Waals surface area contributed by atoms with Crippen LogP contribution in [0.25, 0.3) is 66.8 Å². The zero-order valence-corrected chi connectivity index (χ0v) is 30.9. The Kier molecular flexibility index (Phi) is 7.74. The first kappa shape index (κ1) is 32.4. The van der Waals surface area contributed by atoms with Crippen molar-refractivity contribution in [3.05, 3.63) is 252 Å². The Bertz CT molecular complexity index is 2810. The molecule has 0 saturated heterocycles. The van der Waals surface area contributed by atoms with Gasteiger partial charge in [-0.3, -0.25) is 0 Å². The summed E-state index contributed by atoms with van der Waals surface area (Å²) in [4.78, 5) is 0. The number of hydrogen-bond donors (Lipinski definition) is 0. The second kappa shape index (κ2) is 13.4. The van der Waals surface area contributed by atoms with Crippen molar-refractivity contribution in [2.75, 3.05) is 0 Å². The van der Waals surface area contributed by atoms with E-state index in [0.29, 0.717) is 0 Å². The van der Waals surface area contributed by atoms with E-state index in [-0.39, 0.29) is 11.8 Å². The van der Waals surface area contributed by atoms with E-state index < -0.39 is 0 Å². The van der Waals surface area contributed by atoms with E-state index >= 15 is 0 Å². The molecule has 0 fully saturated rings. The number of rotatable bonds is 6. The van der Waals surface area contributed by atoms with Crippen LogP contribution in [0.2, 0.25) is 0 Å². The first-order valence-electron chi connectivity index (χ1n) is 19.7. The molecule has 2 atom stereocenters. The Morgan fingerprint density at radius 1 is 0.214 bits per heavy atom. The summed E-state index contributed by atoms with van der Waals surface area (Å²) in [7, 11) is 0. The van der Waals surface area contributed by atoms with Crippen molar-refractivity contribution in [1.82, 2.24) is 0 Å². The maximum atomic E-state index is 2.43. The van der Waals surface area contributed by atoms with Gasteiger partial charge in [-0.25, -0.2) is 0 Å². The van der Waals surface area contributed by atoms with Crippen molar-refractivity contribution in [2.45, 2.75) is 11.8 Å². The smallest absolute Gasteiger partial charge is 0.0352 e. The molecule has 2 aliphatic rings. The molecule has 2 unspecified atom stereocenters.